The number of hydrogen-bond acceptors (Lipinski definition) is 4. The average Bonchev–Trinajstić information content (AvgIpc) is 2.58. The molecule has 0 saturated heterocycles. The molecule has 0 unspecified atom stereocenters. The van der Waals surface area contributed by atoms with E-state index in [1.165, 1.54) is 0 Å². The van der Waals surface area contributed by atoms with Crippen molar-refractivity contribution in [1.29, 1.82) is 0 Å². The molecule has 0 bridgehead atoms. The molecule has 0 amide bonds. The lowest BCUT2D eigenvalue weighted by atomic mass is 9.97. The van der Waals surface area contributed by atoms with Crippen LogP contribution in [0.3, 0.4) is 0 Å². The van der Waals surface area contributed by atoms with Crippen LogP contribution < -0.4 is 5.56 Å². The first-order chi connectivity index (χ1) is 11.8. The van der Waals surface area contributed by atoms with Gasteiger partial charge in [-0.2, -0.15) is 0 Å². The second kappa shape index (κ2) is 6.41. The summed E-state index contributed by atoms with van der Waals surface area (Å²) in [6.45, 7) is 5.51. The predicted octanol–water partition coefficient (Wildman–Crippen LogP) is 3.86. The molecule has 3 rings (SSSR count). The van der Waals surface area contributed by atoms with E-state index in [-0.39, 0.29) is 11.3 Å². The fraction of sp³-hybridized carbons (Fsp3) is 0.263. The van der Waals surface area contributed by atoms with Gasteiger partial charge in [0.25, 0.3) is 5.56 Å². The molecule has 3 aromatic rings. The monoisotopic (exact) mass is 355 g/mol. The van der Waals surface area contributed by atoms with Gasteiger partial charge in [-0.25, -0.2) is 9.97 Å². The van der Waals surface area contributed by atoms with Crippen LogP contribution in [-0.4, -0.2) is 20.3 Å². The van der Waals surface area contributed by atoms with Gasteiger partial charge in [0.2, 0.25) is 0 Å². The molecular weight excluding hydrogens is 338 g/mol. The smallest absolute Gasteiger partial charge is 0.258 e. The third-order valence-electron chi connectivity index (χ3n) is 4.35. The van der Waals surface area contributed by atoms with Gasteiger partial charge in [-0.15, -0.1) is 0 Å². The fourth-order valence-corrected chi connectivity index (χ4v) is 3.23. The molecule has 0 aromatic carbocycles. The number of halogens is 1. The highest BCUT2D eigenvalue weighted by atomic mass is 35.5. The van der Waals surface area contributed by atoms with Crippen molar-refractivity contribution >= 4 is 28.3 Å². The van der Waals surface area contributed by atoms with Gasteiger partial charge in [-0.1, -0.05) is 18.5 Å². The number of aromatic nitrogens is 3. The number of pyridine rings is 3. The molecule has 0 aliphatic heterocycles. The lowest BCUT2D eigenvalue weighted by Crippen LogP contribution is -2.20. The number of ketones is 1. The summed E-state index contributed by atoms with van der Waals surface area (Å²) in [4.78, 5) is 33.3. The van der Waals surface area contributed by atoms with Crippen molar-refractivity contribution in [1.82, 2.24) is 14.5 Å². The zero-order valence-corrected chi connectivity index (χ0v) is 15.3. The predicted molar refractivity (Wildman–Crippen MR) is 99.3 cm³/mol. The Labute approximate surface area is 150 Å². The molecule has 0 N–H and O–H groups in total. The van der Waals surface area contributed by atoms with Gasteiger partial charge in [-0.05, 0) is 37.6 Å². The van der Waals surface area contributed by atoms with Crippen molar-refractivity contribution in [2.45, 2.75) is 27.2 Å². The van der Waals surface area contributed by atoms with Crippen LogP contribution in [0.2, 0.25) is 5.15 Å². The second-order valence-electron chi connectivity index (χ2n) is 6.05. The minimum atomic E-state index is -0.141. The van der Waals surface area contributed by atoms with Gasteiger partial charge >= 0.3 is 0 Å². The van der Waals surface area contributed by atoms with Crippen LogP contribution in [0, 0.1) is 13.8 Å². The van der Waals surface area contributed by atoms with Gasteiger partial charge < -0.3 is 4.57 Å². The van der Waals surface area contributed by atoms with Crippen molar-refractivity contribution in [2.75, 3.05) is 0 Å². The normalized spacial score (nSPS) is 11.1. The Balaban J connectivity index is 2.30. The molecule has 3 heterocycles. The van der Waals surface area contributed by atoms with Crippen LogP contribution in [0.5, 0.6) is 0 Å². The summed E-state index contributed by atoms with van der Waals surface area (Å²) in [6, 6.07) is 5.22. The Morgan fingerprint density at radius 2 is 1.96 bits per heavy atom. The summed E-state index contributed by atoms with van der Waals surface area (Å²) < 4.78 is 1.56. The number of rotatable bonds is 3. The first-order valence-corrected chi connectivity index (χ1v) is 8.38. The number of hydrogen-bond donors (Lipinski definition) is 0. The van der Waals surface area contributed by atoms with Crippen LogP contribution in [0.1, 0.15) is 35.1 Å². The van der Waals surface area contributed by atoms with Crippen molar-refractivity contribution < 1.29 is 4.79 Å². The van der Waals surface area contributed by atoms with Gasteiger partial charge in [0.15, 0.2) is 5.78 Å². The van der Waals surface area contributed by atoms with Crippen LogP contribution in [0.4, 0.5) is 0 Å². The first kappa shape index (κ1) is 17.3. The van der Waals surface area contributed by atoms with E-state index < -0.39 is 0 Å². The number of carbonyl (C=O) groups excluding carboxylic acids is 1. The van der Waals surface area contributed by atoms with Gasteiger partial charge in [0.1, 0.15) is 10.8 Å². The average molecular weight is 356 g/mol. The van der Waals surface area contributed by atoms with Crippen molar-refractivity contribution in [3.63, 3.8) is 0 Å². The number of aryl methyl sites for hydroxylation is 3. The topological polar surface area (TPSA) is 64.8 Å². The molecule has 0 radical (unpaired) electrons. The standard InChI is InChI=1S/C19H18ClN3O2/c1-5-16(24)14-6-10(2)18(11(3)22-14)13-7-12-9-21-17(20)8-15(12)23(4)19(13)25/h6-9H,5H2,1-4H3. The Morgan fingerprint density at radius 1 is 1.24 bits per heavy atom. The first-order valence-electron chi connectivity index (χ1n) is 8.00. The van der Waals surface area contributed by atoms with E-state index in [0.29, 0.717) is 28.5 Å². The SMILES string of the molecule is CCC(=O)c1cc(C)c(-c2cc3cnc(Cl)cc3n(C)c2=O)c(C)n1. The van der Waals surface area contributed by atoms with Gasteiger partial charge in [-0.3, -0.25) is 9.59 Å². The van der Waals surface area contributed by atoms with Crippen LogP contribution in [0.15, 0.2) is 29.2 Å². The van der Waals surface area contributed by atoms with Crippen molar-refractivity contribution in [3.05, 3.63) is 56.9 Å². The molecular formula is C19H18ClN3O2. The van der Waals surface area contributed by atoms with Crippen molar-refractivity contribution in [2.24, 2.45) is 7.05 Å². The Bertz CT molecular complexity index is 1050. The van der Waals surface area contributed by atoms with Crippen LogP contribution in [0.25, 0.3) is 22.0 Å². The summed E-state index contributed by atoms with van der Waals surface area (Å²) in [7, 11) is 1.71. The molecule has 0 atom stereocenters. The third-order valence-corrected chi connectivity index (χ3v) is 4.56. The summed E-state index contributed by atoms with van der Waals surface area (Å²) in [5.74, 6) is -0.0111. The molecule has 0 aliphatic carbocycles. The molecule has 3 aromatic heterocycles. The Morgan fingerprint density at radius 3 is 2.60 bits per heavy atom. The van der Waals surface area contributed by atoms with Crippen molar-refractivity contribution in [3.8, 4) is 11.1 Å². The summed E-state index contributed by atoms with van der Waals surface area (Å²) >= 11 is 5.94. The fourth-order valence-electron chi connectivity index (χ4n) is 3.08. The van der Waals surface area contributed by atoms with E-state index in [9.17, 15) is 9.59 Å². The third kappa shape index (κ3) is 2.96. The number of carbonyl (C=O) groups is 1. The van der Waals surface area contributed by atoms with Gasteiger partial charge in [0, 0.05) is 41.9 Å². The minimum Gasteiger partial charge on any atom is -0.311 e. The molecule has 128 valence electrons. The second-order valence-corrected chi connectivity index (χ2v) is 6.44. The molecule has 0 fully saturated rings. The maximum Gasteiger partial charge on any atom is 0.258 e. The number of fused-ring (bicyclic) bond motifs is 1. The highest BCUT2D eigenvalue weighted by Crippen LogP contribution is 2.27. The molecule has 0 aliphatic rings. The summed E-state index contributed by atoms with van der Waals surface area (Å²) in [5.41, 5.74) is 3.82. The van der Waals surface area contributed by atoms with E-state index in [0.717, 1.165) is 22.0 Å². The minimum absolute atomic E-state index is 0.0111. The Hall–Kier alpha value is -2.53. The van der Waals surface area contributed by atoms with E-state index >= 15 is 0 Å². The molecule has 25 heavy (non-hydrogen) atoms. The lowest BCUT2D eigenvalue weighted by Gasteiger charge is -2.14. The Kier molecular flexibility index (Phi) is 4.43. The number of Topliss-reactive ketones (excluding diaryl/α,β-unsaturated/α-hetero) is 1. The van der Waals surface area contributed by atoms with Crippen LogP contribution in [-0.2, 0) is 7.05 Å². The number of nitrogens with zero attached hydrogens (tertiary/aromatic N) is 3. The lowest BCUT2D eigenvalue weighted by molar-refractivity contribution is 0.0983. The highest BCUT2D eigenvalue weighted by Gasteiger charge is 2.17. The summed E-state index contributed by atoms with van der Waals surface area (Å²) in [6.07, 6.45) is 2.04. The van der Waals surface area contributed by atoms with Gasteiger partial charge in [0.05, 0.1) is 5.52 Å². The van der Waals surface area contributed by atoms with E-state index in [4.69, 9.17) is 11.6 Å². The van der Waals surface area contributed by atoms with E-state index in [1.807, 2.05) is 13.8 Å². The molecule has 5 nitrogen and oxygen atoms in total. The maximum absolute atomic E-state index is 12.9. The largest absolute Gasteiger partial charge is 0.311 e. The summed E-state index contributed by atoms with van der Waals surface area (Å²) in [5, 5.41) is 1.15. The maximum atomic E-state index is 12.9. The molecule has 0 saturated carbocycles. The van der Waals surface area contributed by atoms with E-state index in [2.05, 4.69) is 9.97 Å². The zero-order valence-electron chi connectivity index (χ0n) is 14.6. The van der Waals surface area contributed by atoms with E-state index in [1.54, 1.807) is 42.9 Å². The molecule has 6 heteroatoms. The zero-order chi connectivity index (χ0) is 18.3. The van der Waals surface area contributed by atoms with Crippen LogP contribution >= 0.6 is 11.6 Å². The molecule has 0 spiro atoms. The highest BCUT2D eigenvalue weighted by molar-refractivity contribution is 6.30. The quantitative estimate of drug-likeness (QED) is 0.528.